The monoisotopic (exact) mass is 305 g/mol. The van der Waals surface area contributed by atoms with Crippen molar-refractivity contribution in [3.63, 3.8) is 0 Å². The molecule has 0 radical (unpaired) electrons. The Labute approximate surface area is 125 Å². The Hall–Kier alpha value is -1.88. The molecular formula is C16H13F2NOS. The highest BCUT2D eigenvalue weighted by atomic mass is 32.2. The van der Waals surface area contributed by atoms with Crippen LogP contribution in [0.5, 0.6) is 0 Å². The van der Waals surface area contributed by atoms with Gasteiger partial charge in [-0.3, -0.25) is 4.79 Å². The second-order valence-electron chi connectivity index (χ2n) is 4.85. The van der Waals surface area contributed by atoms with Crippen molar-refractivity contribution in [2.45, 2.75) is 17.4 Å². The maximum absolute atomic E-state index is 13.4. The molecule has 1 amide bonds. The number of benzene rings is 2. The number of fused-ring (bicyclic) bond motifs is 1. The van der Waals surface area contributed by atoms with Gasteiger partial charge < -0.3 is 5.32 Å². The van der Waals surface area contributed by atoms with Crippen molar-refractivity contribution >= 4 is 17.7 Å². The average Bonchev–Trinajstić information content (AvgIpc) is 2.48. The van der Waals surface area contributed by atoms with Crippen LogP contribution in [0.25, 0.3) is 0 Å². The van der Waals surface area contributed by atoms with E-state index in [1.54, 1.807) is 17.8 Å². The second-order valence-corrected chi connectivity index (χ2v) is 5.99. The summed E-state index contributed by atoms with van der Waals surface area (Å²) in [4.78, 5) is 13.2. The number of rotatable bonds is 2. The molecular weight excluding hydrogens is 292 g/mol. The quantitative estimate of drug-likeness (QED) is 0.911. The van der Waals surface area contributed by atoms with Gasteiger partial charge in [0.2, 0.25) is 0 Å². The average molecular weight is 305 g/mol. The van der Waals surface area contributed by atoms with Gasteiger partial charge in [0.25, 0.3) is 5.91 Å². The van der Waals surface area contributed by atoms with Gasteiger partial charge in [0.05, 0.1) is 6.04 Å². The molecule has 0 aliphatic carbocycles. The third-order valence-corrected chi connectivity index (χ3v) is 4.55. The SMILES string of the molecule is O=C(NC1CCSc2ccc(F)cc21)c1ccc(F)cc1. The normalized spacial score (nSPS) is 17.1. The number of carbonyl (C=O) groups excluding carboxylic acids is 1. The van der Waals surface area contributed by atoms with Crippen molar-refractivity contribution in [1.82, 2.24) is 5.32 Å². The lowest BCUT2D eigenvalue weighted by Crippen LogP contribution is -2.30. The Morgan fingerprint density at radius 3 is 2.57 bits per heavy atom. The highest BCUT2D eigenvalue weighted by Crippen LogP contribution is 2.36. The molecule has 0 spiro atoms. The number of hydrogen-bond donors (Lipinski definition) is 1. The number of carbonyl (C=O) groups is 1. The molecule has 1 N–H and O–H groups in total. The van der Waals surface area contributed by atoms with E-state index in [2.05, 4.69) is 5.32 Å². The van der Waals surface area contributed by atoms with Crippen molar-refractivity contribution in [2.24, 2.45) is 0 Å². The molecule has 2 aromatic rings. The summed E-state index contributed by atoms with van der Waals surface area (Å²) in [6.45, 7) is 0. The molecule has 0 aromatic heterocycles. The van der Waals surface area contributed by atoms with Crippen LogP contribution in [-0.2, 0) is 0 Å². The standard InChI is InChI=1S/C16H13F2NOS/c17-11-3-1-10(2-4-11)16(20)19-14-7-8-21-15-6-5-12(18)9-13(14)15/h1-6,9,14H,7-8H2,(H,19,20). The van der Waals surface area contributed by atoms with E-state index in [0.29, 0.717) is 5.56 Å². The van der Waals surface area contributed by atoms with Crippen molar-refractivity contribution in [3.05, 3.63) is 65.2 Å². The fraction of sp³-hybridized carbons (Fsp3) is 0.188. The Morgan fingerprint density at radius 1 is 1.10 bits per heavy atom. The van der Waals surface area contributed by atoms with Crippen LogP contribution in [0.2, 0.25) is 0 Å². The first-order chi connectivity index (χ1) is 10.1. The third kappa shape index (κ3) is 3.08. The van der Waals surface area contributed by atoms with Crippen LogP contribution in [0.1, 0.15) is 28.4 Å². The smallest absolute Gasteiger partial charge is 0.251 e. The van der Waals surface area contributed by atoms with Gasteiger partial charge in [0.15, 0.2) is 0 Å². The summed E-state index contributed by atoms with van der Waals surface area (Å²) in [5.41, 5.74) is 1.20. The zero-order chi connectivity index (χ0) is 14.8. The Kier molecular flexibility index (Phi) is 3.92. The highest BCUT2D eigenvalue weighted by Gasteiger charge is 2.23. The molecule has 0 fully saturated rings. The number of amides is 1. The molecule has 1 aliphatic rings. The molecule has 5 heteroatoms. The van der Waals surface area contributed by atoms with Crippen LogP contribution in [0.4, 0.5) is 8.78 Å². The summed E-state index contributed by atoms with van der Waals surface area (Å²) >= 11 is 1.66. The molecule has 1 heterocycles. The van der Waals surface area contributed by atoms with Gasteiger partial charge in [-0.25, -0.2) is 8.78 Å². The van der Waals surface area contributed by atoms with E-state index < -0.39 is 0 Å². The zero-order valence-corrected chi connectivity index (χ0v) is 11.9. The van der Waals surface area contributed by atoms with Gasteiger partial charge in [-0.05, 0) is 54.4 Å². The van der Waals surface area contributed by atoms with Crippen molar-refractivity contribution in [3.8, 4) is 0 Å². The first kappa shape index (κ1) is 14.1. The molecule has 2 aromatic carbocycles. The zero-order valence-electron chi connectivity index (χ0n) is 11.1. The molecule has 1 aliphatic heterocycles. The summed E-state index contributed by atoms with van der Waals surface area (Å²) in [5, 5.41) is 2.90. The predicted octanol–water partition coefficient (Wildman–Crippen LogP) is 3.93. The molecule has 21 heavy (non-hydrogen) atoms. The molecule has 0 saturated heterocycles. The Morgan fingerprint density at radius 2 is 1.81 bits per heavy atom. The molecule has 1 atom stereocenters. The largest absolute Gasteiger partial charge is 0.345 e. The van der Waals surface area contributed by atoms with E-state index in [1.165, 1.54) is 36.4 Å². The summed E-state index contributed by atoms with van der Waals surface area (Å²) in [6, 6.07) is 9.80. The molecule has 0 bridgehead atoms. The highest BCUT2D eigenvalue weighted by molar-refractivity contribution is 7.99. The van der Waals surface area contributed by atoms with Crippen molar-refractivity contribution < 1.29 is 13.6 Å². The molecule has 0 saturated carbocycles. The van der Waals surface area contributed by atoms with Gasteiger partial charge in [0.1, 0.15) is 11.6 Å². The van der Waals surface area contributed by atoms with Crippen molar-refractivity contribution in [1.29, 1.82) is 0 Å². The van der Waals surface area contributed by atoms with Gasteiger partial charge >= 0.3 is 0 Å². The Bertz CT molecular complexity index is 672. The second kappa shape index (κ2) is 5.85. The maximum Gasteiger partial charge on any atom is 0.251 e. The van der Waals surface area contributed by atoms with E-state index in [1.807, 2.05) is 0 Å². The van der Waals surface area contributed by atoms with Gasteiger partial charge in [-0.2, -0.15) is 0 Å². The summed E-state index contributed by atoms with van der Waals surface area (Å²) in [5.74, 6) is -0.0973. The first-order valence-corrected chi connectivity index (χ1v) is 7.61. The lowest BCUT2D eigenvalue weighted by Gasteiger charge is -2.26. The lowest BCUT2D eigenvalue weighted by atomic mass is 10.0. The molecule has 3 rings (SSSR count). The minimum Gasteiger partial charge on any atom is -0.345 e. The van der Waals surface area contributed by atoms with Gasteiger partial charge in [0, 0.05) is 16.2 Å². The Balaban J connectivity index is 1.81. The fourth-order valence-electron chi connectivity index (χ4n) is 2.36. The fourth-order valence-corrected chi connectivity index (χ4v) is 3.46. The summed E-state index contributed by atoms with van der Waals surface area (Å²) < 4.78 is 26.3. The van der Waals surface area contributed by atoms with E-state index >= 15 is 0 Å². The van der Waals surface area contributed by atoms with Crippen LogP contribution in [-0.4, -0.2) is 11.7 Å². The molecule has 108 valence electrons. The summed E-state index contributed by atoms with van der Waals surface area (Å²) in [7, 11) is 0. The van der Waals surface area contributed by atoms with Crippen molar-refractivity contribution in [2.75, 3.05) is 5.75 Å². The first-order valence-electron chi connectivity index (χ1n) is 6.62. The van der Waals surface area contributed by atoms with E-state index in [4.69, 9.17) is 0 Å². The lowest BCUT2D eigenvalue weighted by molar-refractivity contribution is 0.0935. The predicted molar refractivity (Wildman–Crippen MR) is 78.3 cm³/mol. The van der Waals surface area contributed by atoms with Gasteiger partial charge in [-0.1, -0.05) is 0 Å². The summed E-state index contributed by atoms with van der Waals surface area (Å²) in [6.07, 6.45) is 0.744. The number of hydrogen-bond acceptors (Lipinski definition) is 2. The van der Waals surface area contributed by atoms with Crippen LogP contribution < -0.4 is 5.32 Å². The third-order valence-electron chi connectivity index (χ3n) is 3.42. The van der Waals surface area contributed by atoms with E-state index in [9.17, 15) is 13.6 Å². The van der Waals surface area contributed by atoms with Gasteiger partial charge in [-0.15, -0.1) is 11.8 Å². The number of halogens is 2. The van der Waals surface area contributed by atoms with Crippen LogP contribution in [0.3, 0.4) is 0 Å². The van der Waals surface area contributed by atoms with E-state index in [-0.39, 0.29) is 23.6 Å². The van der Waals surface area contributed by atoms with Crippen LogP contribution in [0, 0.1) is 11.6 Å². The molecule has 2 nitrogen and oxygen atoms in total. The minimum atomic E-state index is -0.381. The number of thioether (sulfide) groups is 1. The molecule has 1 unspecified atom stereocenters. The minimum absolute atomic E-state index is 0.213. The van der Waals surface area contributed by atoms with Crippen LogP contribution in [0.15, 0.2) is 47.4 Å². The van der Waals surface area contributed by atoms with Crippen LogP contribution >= 0.6 is 11.8 Å². The maximum atomic E-state index is 13.4. The topological polar surface area (TPSA) is 29.1 Å². The number of nitrogens with one attached hydrogen (secondary N) is 1. The van der Waals surface area contributed by atoms with E-state index in [0.717, 1.165) is 22.6 Å².